The van der Waals surface area contributed by atoms with Gasteiger partial charge in [-0.2, -0.15) is 0 Å². The molecule has 5 heteroatoms. The first-order valence-corrected chi connectivity index (χ1v) is 8.77. The van der Waals surface area contributed by atoms with Crippen molar-refractivity contribution >= 4 is 37.2 Å². The minimum atomic E-state index is -0.875. The van der Waals surface area contributed by atoms with E-state index in [1.807, 2.05) is 0 Å². The van der Waals surface area contributed by atoms with Crippen LogP contribution in [0.3, 0.4) is 0 Å². The van der Waals surface area contributed by atoms with Gasteiger partial charge in [0.1, 0.15) is 0 Å². The Balaban J connectivity index is 0. The first kappa shape index (κ1) is 13.9. The molecule has 0 fully saturated rings. The highest BCUT2D eigenvalue weighted by molar-refractivity contribution is 15.0. The lowest BCUT2D eigenvalue weighted by Gasteiger charge is -2.23. The topological polar surface area (TPSA) is 27.7 Å². The van der Waals surface area contributed by atoms with Crippen LogP contribution in [0.15, 0.2) is 0 Å². The maximum atomic E-state index is 4.79. The van der Waals surface area contributed by atoms with E-state index in [9.17, 15) is 0 Å². The van der Waals surface area contributed by atoms with Crippen molar-refractivity contribution < 1.29 is 14.2 Å². The molecule has 0 aliphatic rings. The van der Waals surface area contributed by atoms with Gasteiger partial charge in [0.25, 0.3) is 5.97 Å². The van der Waals surface area contributed by atoms with Gasteiger partial charge in [0, 0.05) is 65.5 Å². The van der Waals surface area contributed by atoms with Crippen LogP contribution in [0.5, 0.6) is 0 Å². The monoisotopic (exact) mass is 374 g/mol. The van der Waals surface area contributed by atoms with Gasteiger partial charge in [-0.15, -0.1) is 0 Å². The van der Waals surface area contributed by atoms with Crippen LogP contribution < -0.4 is 0 Å². The molecule has 0 saturated carbocycles. The molecule has 0 aromatic heterocycles. The Morgan fingerprint density at radius 1 is 0.900 bits per heavy atom. The maximum absolute atomic E-state index is 4.79. The molecule has 0 bridgehead atoms. The molecule has 0 spiro atoms. The van der Waals surface area contributed by atoms with Crippen LogP contribution in [0.4, 0.5) is 0 Å². The Kier molecular flexibility index (Phi) is 11.7. The van der Waals surface area contributed by atoms with Crippen LogP contribution in [0.1, 0.15) is 6.92 Å². The van der Waals surface area contributed by atoms with Crippen molar-refractivity contribution in [2.24, 2.45) is 0 Å². The standard InChI is InChI=1S/C5H12O3.I2/c1-5(6-2,7-3)8-4;1-2/h1-4H3;. The largest absolute Gasteiger partial charge is 0.331 e. The van der Waals surface area contributed by atoms with E-state index in [2.05, 4.69) is 37.2 Å². The van der Waals surface area contributed by atoms with E-state index >= 15 is 0 Å². The van der Waals surface area contributed by atoms with Gasteiger partial charge in [-0.05, 0) is 0 Å². The second-order valence-corrected chi connectivity index (χ2v) is 1.47. The molecule has 0 aromatic carbocycles. The van der Waals surface area contributed by atoms with Crippen LogP contribution in [-0.4, -0.2) is 27.3 Å². The predicted octanol–water partition coefficient (Wildman–Crippen LogP) is 2.37. The van der Waals surface area contributed by atoms with Gasteiger partial charge in [0.2, 0.25) is 0 Å². The van der Waals surface area contributed by atoms with Gasteiger partial charge in [-0.1, -0.05) is 0 Å². The fraction of sp³-hybridized carbons (Fsp3) is 1.00. The lowest BCUT2D eigenvalue weighted by Crippen LogP contribution is -2.31. The summed E-state index contributed by atoms with van der Waals surface area (Å²) in [5, 5.41) is 0. The molecule has 0 saturated heterocycles. The molecule has 0 aliphatic carbocycles. The fourth-order valence-corrected chi connectivity index (χ4v) is 0.250. The zero-order valence-corrected chi connectivity index (χ0v) is 10.8. The fourth-order valence-electron chi connectivity index (χ4n) is 0.250. The number of methoxy groups -OCH3 is 3. The number of hydrogen-bond donors (Lipinski definition) is 0. The molecule has 0 unspecified atom stereocenters. The van der Waals surface area contributed by atoms with Crippen molar-refractivity contribution in [3.63, 3.8) is 0 Å². The predicted molar refractivity (Wildman–Crippen MR) is 57.5 cm³/mol. The summed E-state index contributed by atoms with van der Waals surface area (Å²) in [7, 11) is 4.56. The molecule has 0 amide bonds. The van der Waals surface area contributed by atoms with E-state index in [1.165, 1.54) is 21.3 Å². The first-order chi connectivity index (χ1) is 4.68. The Morgan fingerprint density at radius 3 is 1.10 bits per heavy atom. The van der Waals surface area contributed by atoms with Gasteiger partial charge in [0.15, 0.2) is 0 Å². The molecule has 0 aromatic rings. The quantitative estimate of drug-likeness (QED) is 0.561. The molecule has 0 N–H and O–H groups in total. The average Bonchev–Trinajstić information content (AvgIpc) is 2.07. The minimum Gasteiger partial charge on any atom is -0.331 e. The summed E-state index contributed by atoms with van der Waals surface area (Å²) in [4.78, 5) is 0. The van der Waals surface area contributed by atoms with Crippen LogP contribution in [0.25, 0.3) is 0 Å². The third-order valence-electron chi connectivity index (χ3n) is 1.11. The van der Waals surface area contributed by atoms with Crippen LogP contribution >= 0.6 is 37.2 Å². The van der Waals surface area contributed by atoms with Gasteiger partial charge in [-0.3, -0.25) is 0 Å². The van der Waals surface area contributed by atoms with Crippen molar-refractivity contribution in [1.29, 1.82) is 0 Å². The van der Waals surface area contributed by atoms with E-state index in [-0.39, 0.29) is 0 Å². The third-order valence-corrected chi connectivity index (χ3v) is 1.11. The zero-order chi connectivity index (χ0) is 8.62. The Morgan fingerprint density at radius 2 is 1.10 bits per heavy atom. The summed E-state index contributed by atoms with van der Waals surface area (Å²) in [6.07, 6.45) is 0. The second kappa shape index (κ2) is 8.44. The van der Waals surface area contributed by atoms with Crippen LogP contribution in [-0.2, 0) is 14.2 Å². The van der Waals surface area contributed by atoms with E-state index in [0.717, 1.165) is 0 Å². The van der Waals surface area contributed by atoms with Crippen molar-refractivity contribution in [3.8, 4) is 0 Å². The molecule has 0 aliphatic heterocycles. The summed E-state index contributed by atoms with van der Waals surface area (Å²) in [6.45, 7) is 1.69. The highest BCUT2D eigenvalue weighted by Gasteiger charge is 2.20. The smallest absolute Gasteiger partial charge is 0.279 e. The van der Waals surface area contributed by atoms with Gasteiger partial charge >= 0.3 is 0 Å². The van der Waals surface area contributed by atoms with Gasteiger partial charge in [-0.25, -0.2) is 0 Å². The molecule has 10 heavy (non-hydrogen) atoms. The second-order valence-electron chi connectivity index (χ2n) is 1.47. The molecule has 0 rings (SSSR count). The molecule has 3 nitrogen and oxygen atoms in total. The summed E-state index contributed by atoms with van der Waals surface area (Å²) in [5.74, 6) is -0.875. The number of ether oxygens (including phenoxy) is 3. The molecule has 64 valence electrons. The minimum absolute atomic E-state index is 0.875. The summed E-state index contributed by atoms with van der Waals surface area (Å²) >= 11 is 4.24. The van der Waals surface area contributed by atoms with Gasteiger partial charge < -0.3 is 14.2 Å². The number of rotatable bonds is 3. The van der Waals surface area contributed by atoms with Crippen molar-refractivity contribution in [1.82, 2.24) is 0 Å². The Bertz CT molecular complexity index is 57.6. The van der Waals surface area contributed by atoms with E-state index in [4.69, 9.17) is 14.2 Å². The van der Waals surface area contributed by atoms with Gasteiger partial charge in [0.05, 0.1) is 0 Å². The highest BCUT2D eigenvalue weighted by Crippen LogP contribution is 2.08. The SMILES string of the molecule is COC(C)(OC)OC.II. The molecule has 0 atom stereocenters. The maximum Gasteiger partial charge on any atom is 0.279 e. The van der Waals surface area contributed by atoms with Crippen molar-refractivity contribution in [3.05, 3.63) is 0 Å². The summed E-state index contributed by atoms with van der Waals surface area (Å²) < 4.78 is 14.4. The van der Waals surface area contributed by atoms with E-state index in [1.54, 1.807) is 6.92 Å². The molecular formula is C5H12I2O3. The zero-order valence-electron chi connectivity index (χ0n) is 6.48. The molecular weight excluding hydrogens is 362 g/mol. The molecule has 0 heterocycles. The van der Waals surface area contributed by atoms with E-state index in [0.29, 0.717) is 0 Å². The van der Waals surface area contributed by atoms with Crippen LogP contribution in [0, 0.1) is 0 Å². The molecule has 0 radical (unpaired) electrons. The summed E-state index contributed by atoms with van der Waals surface area (Å²) in [5.41, 5.74) is 0. The normalized spacial score (nSPS) is 10.2. The third kappa shape index (κ3) is 6.08. The Labute approximate surface area is 85.1 Å². The average molecular weight is 374 g/mol. The highest BCUT2D eigenvalue weighted by atomic mass is 128. The van der Waals surface area contributed by atoms with Crippen molar-refractivity contribution in [2.45, 2.75) is 12.9 Å². The van der Waals surface area contributed by atoms with Crippen LogP contribution in [0.2, 0.25) is 0 Å². The lowest BCUT2D eigenvalue weighted by atomic mass is 10.6. The lowest BCUT2D eigenvalue weighted by molar-refractivity contribution is -0.340. The summed E-state index contributed by atoms with van der Waals surface area (Å²) in [6, 6.07) is 0. The number of hydrogen-bond acceptors (Lipinski definition) is 3. The number of halogens is 2. The Hall–Kier alpha value is 1.34. The van der Waals surface area contributed by atoms with Crippen molar-refractivity contribution in [2.75, 3.05) is 21.3 Å². The van der Waals surface area contributed by atoms with E-state index < -0.39 is 5.97 Å². The first-order valence-electron chi connectivity index (χ1n) is 2.48.